The Morgan fingerprint density at radius 2 is 1.57 bits per heavy atom. The smallest absolute Gasteiger partial charge is 0.179 e. The average Bonchev–Trinajstić information content (AvgIpc) is 2.76. The van der Waals surface area contributed by atoms with Crippen molar-refractivity contribution < 1.29 is 14.5 Å². The lowest BCUT2D eigenvalue weighted by molar-refractivity contribution is -0.110. The van der Waals surface area contributed by atoms with Crippen molar-refractivity contribution in [2.45, 2.75) is 6.92 Å². The maximum absolute atomic E-state index is 14.8. The second kappa shape index (κ2) is 6.83. The van der Waals surface area contributed by atoms with E-state index >= 15 is 0 Å². The van der Waals surface area contributed by atoms with Crippen molar-refractivity contribution in [1.29, 1.82) is 0 Å². The molecule has 0 saturated heterocycles. The predicted octanol–water partition coefficient (Wildman–Crippen LogP) is 4.85. The fraction of sp³-hybridized carbons (Fsp3) is 0.0385. The van der Waals surface area contributed by atoms with E-state index < -0.39 is 7.14 Å². The van der Waals surface area contributed by atoms with E-state index in [2.05, 4.69) is 0 Å². The molecule has 0 radical (unpaired) electrons. The first kappa shape index (κ1) is 18.6. The van der Waals surface area contributed by atoms with Gasteiger partial charge >= 0.3 is 0 Å². The van der Waals surface area contributed by atoms with Gasteiger partial charge in [0.1, 0.15) is 5.75 Å². The number of aromatic hydroxyl groups is 1. The number of ketones is 1. The topological polar surface area (TPSA) is 54.4 Å². The normalized spacial score (nSPS) is 19.9. The summed E-state index contributed by atoms with van der Waals surface area (Å²) in [6.07, 6.45) is 4.80. The van der Waals surface area contributed by atoms with E-state index in [1.807, 2.05) is 67.6 Å². The average molecular weight is 410 g/mol. The van der Waals surface area contributed by atoms with E-state index in [1.54, 1.807) is 18.2 Å². The molecule has 0 aromatic heterocycles. The van der Waals surface area contributed by atoms with Crippen LogP contribution in [0.2, 0.25) is 0 Å². The van der Waals surface area contributed by atoms with Crippen molar-refractivity contribution in [2.75, 3.05) is 0 Å². The third-order valence-corrected chi connectivity index (χ3v) is 8.82. The molecule has 0 fully saturated rings. The molecule has 0 saturated carbocycles. The molecule has 5 rings (SSSR count). The van der Waals surface area contributed by atoms with Gasteiger partial charge in [0.15, 0.2) is 12.9 Å². The molecule has 1 unspecified atom stereocenters. The Balaban J connectivity index is 1.95. The molecule has 4 heteroatoms. The van der Waals surface area contributed by atoms with Crippen molar-refractivity contribution in [3.05, 3.63) is 119 Å². The molecule has 0 amide bonds. The van der Waals surface area contributed by atoms with E-state index in [4.69, 9.17) is 0 Å². The highest BCUT2D eigenvalue weighted by atomic mass is 31.2. The molecule has 3 aromatic rings. The van der Waals surface area contributed by atoms with Gasteiger partial charge in [0.25, 0.3) is 0 Å². The second-order valence-corrected chi connectivity index (χ2v) is 10.2. The minimum absolute atomic E-state index is 0.0516. The summed E-state index contributed by atoms with van der Waals surface area (Å²) < 4.78 is 14.8. The van der Waals surface area contributed by atoms with Crippen molar-refractivity contribution in [1.82, 2.24) is 0 Å². The van der Waals surface area contributed by atoms with Gasteiger partial charge in [0, 0.05) is 15.9 Å². The van der Waals surface area contributed by atoms with Crippen molar-refractivity contribution >= 4 is 29.1 Å². The summed E-state index contributed by atoms with van der Waals surface area (Å²) in [5.74, 6) is -0.131. The van der Waals surface area contributed by atoms with E-state index in [1.165, 1.54) is 12.2 Å². The third-order valence-electron chi connectivity index (χ3n) is 5.70. The summed E-state index contributed by atoms with van der Waals surface area (Å²) in [6.45, 7) is 2.04. The zero-order chi connectivity index (χ0) is 20.9. The Morgan fingerprint density at radius 3 is 2.33 bits per heavy atom. The quantitative estimate of drug-likeness (QED) is 0.615. The molecule has 1 atom stereocenters. The number of allylic oxidation sites excluding steroid dienone is 5. The van der Waals surface area contributed by atoms with Crippen molar-refractivity contribution in [3.8, 4) is 5.75 Å². The largest absolute Gasteiger partial charge is 0.508 e. The molecule has 1 aliphatic heterocycles. The van der Waals surface area contributed by atoms with Crippen LogP contribution in [0.25, 0.3) is 5.57 Å². The Labute approximate surface area is 175 Å². The number of benzene rings is 3. The number of hydrogen-bond donors (Lipinski definition) is 1. The van der Waals surface area contributed by atoms with E-state index in [0.717, 1.165) is 27.8 Å². The Morgan fingerprint density at radius 1 is 0.833 bits per heavy atom. The zero-order valence-electron chi connectivity index (χ0n) is 16.4. The number of phenols is 1. The van der Waals surface area contributed by atoms with Gasteiger partial charge in [-0.05, 0) is 71.2 Å². The first-order chi connectivity index (χ1) is 14.5. The number of phenolic OH excluding ortho intramolecular Hbond substituents is 1. The van der Waals surface area contributed by atoms with Gasteiger partial charge in [0.2, 0.25) is 0 Å². The molecular formula is C26H19O3P. The summed E-state index contributed by atoms with van der Waals surface area (Å²) in [5.41, 5.74) is 4.65. The monoisotopic (exact) mass is 410 g/mol. The minimum atomic E-state index is -3.35. The van der Waals surface area contributed by atoms with Gasteiger partial charge in [-0.15, -0.1) is 0 Å². The first-order valence-corrected chi connectivity index (χ1v) is 11.5. The molecule has 3 nitrogen and oxygen atoms in total. The molecular weight excluding hydrogens is 391 g/mol. The van der Waals surface area contributed by atoms with Gasteiger partial charge in [0.05, 0.1) is 0 Å². The van der Waals surface area contributed by atoms with Crippen LogP contribution in [0, 0.1) is 6.92 Å². The highest BCUT2D eigenvalue weighted by Crippen LogP contribution is 2.61. The first-order valence-electron chi connectivity index (χ1n) is 9.75. The lowest BCUT2D eigenvalue weighted by atomic mass is 9.88. The third kappa shape index (κ3) is 2.67. The fourth-order valence-electron chi connectivity index (χ4n) is 4.31. The van der Waals surface area contributed by atoms with Gasteiger partial charge in [-0.1, -0.05) is 54.6 Å². The number of rotatable bonds is 2. The molecule has 0 spiro atoms. The van der Waals surface area contributed by atoms with Gasteiger partial charge in [-0.25, -0.2) is 0 Å². The summed E-state index contributed by atoms with van der Waals surface area (Å²) >= 11 is 0. The zero-order valence-corrected chi connectivity index (χ0v) is 17.3. The van der Waals surface area contributed by atoms with Gasteiger partial charge in [-0.2, -0.15) is 0 Å². The van der Waals surface area contributed by atoms with Crippen LogP contribution in [0.5, 0.6) is 5.75 Å². The Bertz CT molecular complexity index is 1340. The van der Waals surface area contributed by atoms with Gasteiger partial charge in [-0.3, -0.25) is 4.79 Å². The van der Waals surface area contributed by atoms with Crippen LogP contribution in [0.3, 0.4) is 0 Å². The van der Waals surface area contributed by atoms with E-state index in [9.17, 15) is 14.5 Å². The number of carbonyl (C=O) groups is 1. The number of fused-ring (bicyclic) bond motifs is 2. The number of carbonyl (C=O) groups excluding carboxylic acids is 1. The van der Waals surface area contributed by atoms with E-state index in [-0.39, 0.29) is 11.5 Å². The maximum Gasteiger partial charge on any atom is 0.179 e. The molecule has 1 aliphatic carbocycles. The maximum atomic E-state index is 14.8. The van der Waals surface area contributed by atoms with Gasteiger partial charge < -0.3 is 9.67 Å². The predicted molar refractivity (Wildman–Crippen MR) is 121 cm³/mol. The SMILES string of the molecule is Cc1ccccc1C1=C2C=CC(=O)C=C2P(=O)(c2ccccc2)c2cc(O)ccc21. The van der Waals surface area contributed by atoms with Crippen LogP contribution in [0.15, 0.2) is 102 Å². The summed E-state index contributed by atoms with van der Waals surface area (Å²) in [4.78, 5) is 12.4. The number of hydrogen-bond acceptors (Lipinski definition) is 3. The summed E-state index contributed by atoms with van der Waals surface area (Å²) in [5, 5.41) is 12.0. The molecule has 30 heavy (non-hydrogen) atoms. The highest BCUT2D eigenvalue weighted by Gasteiger charge is 2.42. The van der Waals surface area contributed by atoms with Crippen LogP contribution in [0.4, 0.5) is 0 Å². The Kier molecular flexibility index (Phi) is 4.23. The Hall–Kier alpha value is -3.42. The minimum Gasteiger partial charge on any atom is -0.508 e. The summed E-state index contributed by atoms with van der Waals surface area (Å²) in [7, 11) is -3.35. The van der Waals surface area contributed by atoms with Crippen LogP contribution in [0.1, 0.15) is 16.7 Å². The molecule has 1 N–H and O–H groups in total. The molecule has 3 aromatic carbocycles. The lowest BCUT2D eigenvalue weighted by Crippen LogP contribution is -2.27. The van der Waals surface area contributed by atoms with Crippen LogP contribution >= 0.6 is 7.14 Å². The lowest BCUT2D eigenvalue weighted by Gasteiger charge is -2.34. The van der Waals surface area contributed by atoms with E-state index in [0.29, 0.717) is 15.9 Å². The fourth-order valence-corrected chi connectivity index (χ4v) is 7.39. The molecule has 0 bridgehead atoms. The highest BCUT2D eigenvalue weighted by molar-refractivity contribution is 7.83. The van der Waals surface area contributed by atoms with Crippen LogP contribution in [-0.2, 0) is 9.36 Å². The molecule has 1 heterocycles. The van der Waals surface area contributed by atoms with Crippen molar-refractivity contribution in [3.63, 3.8) is 0 Å². The van der Waals surface area contributed by atoms with Crippen molar-refractivity contribution in [2.24, 2.45) is 0 Å². The molecule has 146 valence electrons. The van der Waals surface area contributed by atoms with Crippen LogP contribution < -0.4 is 10.6 Å². The second-order valence-electron chi connectivity index (χ2n) is 7.52. The standard InChI is InChI=1S/C26H19O3P/c1-17-7-5-6-10-21(17)26-22-13-11-18(27)15-24(22)30(29,20-8-3-2-4-9-20)25-16-19(28)12-14-23(25)26/h2-16,27H,1H3. The van der Waals surface area contributed by atoms with Crippen LogP contribution in [-0.4, -0.2) is 10.9 Å². The molecule has 2 aliphatic rings. The summed E-state index contributed by atoms with van der Waals surface area (Å²) in [6, 6.07) is 22.3. The number of aryl methyl sites for hydroxylation is 1.